The topological polar surface area (TPSA) is 15.8 Å². The molecule has 0 spiro atoms. The molecule has 6 aromatic rings. The predicted molar refractivity (Wildman–Crippen MR) is 118 cm³/mol. The minimum Gasteiger partial charge on any atom is -0.354 e. The van der Waals surface area contributed by atoms with Crippen LogP contribution < -0.4 is 0 Å². The Hall–Kier alpha value is -3.06. The van der Waals surface area contributed by atoms with Gasteiger partial charge in [-0.2, -0.15) is 0 Å². The monoisotopic (exact) mass is 347 g/mol. The van der Waals surface area contributed by atoms with Crippen LogP contribution in [-0.4, -0.2) is 4.98 Å². The summed E-state index contributed by atoms with van der Waals surface area (Å²) in [6.07, 6.45) is 0. The summed E-state index contributed by atoms with van der Waals surface area (Å²) in [6.45, 7) is 6.84. The number of fused-ring (bicyclic) bond motifs is 4. The third kappa shape index (κ3) is 1.94. The molecular weight excluding hydrogens is 326 g/mol. The number of benzene rings is 5. The smallest absolute Gasteiger partial charge is 0.0477 e. The molecule has 0 aliphatic carbocycles. The summed E-state index contributed by atoms with van der Waals surface area (Å²) in [5, 5.41) is 10.8. The lowest BCUT2D eigenvalue weighted by atomic mass is 9.86. The Balaban J connectivity index is 1.88. The van der Waals surface area contributed by atoms with Gasteiger partial charge in [-0.3, -0.25) is 0 Å². The first kappa shape index (κ1) is 15.0. The van der Waals surface area contributed by atoms with Gasteiger partial charge in [0, 0.05) is 21.8 Å². The van der Waals surface area contributed by atoms with E-state index in [1.807, 2.05) is 0 Å². The summed E-state index contributed by atoms with van der Waals surface area (Å²) >= 11 is 0. The van der Waals surface area contributed by atoms with E-state index in [9.17, 15) is 0 Å². The molecule has 0 aliphatic heterocycles. The Kier molecular flexibility index (Phi) is 2.68. The molecule has 1 heterocycles. The first-order valence-corrected chi connectivity index (χ1v) is 9.63. The number of hydrogen-bond acceptors (Lipinski definition) is 0. The molecule has 0 radical (unpaired) electrons. The Morgan fingerprint density at radius 1 is 0.593 bits per heavy atom. The van der Waals surface area contributed by atoms with Crippen LogP contribution in [0.5, 0.6) is 0 Å². The molecule has 1 aromatic heterocycles. The van der Waals surface area contributed by atoms with Gasteiger partial charge in [0.15, 0.2) is 0 Å². The SMILES string of the molecule is CC(C)(C)c1ccc2[nH]c3cc4ccc5cccc6ccc(c3c2c1)c4c56. The van der Waals surface area contributed by atoms with Crippen molar-refractivity contribution < 1.29 is 0 Å². The van der Waals surface area contributed by atoms with Crippen LogP contribution in [0.4, 0.5) is 0 Å². The lowest BCUT2D eigenvalue weighted by Crippen LogP contribution is -2.10. The van der Waals surface area contributed by atoms with Crippen molar-refractivity contribution in [3.05, 3.63) is 72.3 Å². The zero-order valence-electron chi connectivity index (χ0n) is 15.9. The molecule has 1 N–H and O–H groups in total. The van der Waals surface area contributed by atoms with Crippen LogP contribution >= 0.6 is 0 Å². The molecule has 1 heteroatoms. The molecule has 0 aliphatic rings. The second kappa shape index (κ2) is 4.80. The molecule has 0 bridgehead atoms. The summed E-state index contributed by atoms with van der Waals surface area (Å²) in [4.78, 5) is 3.66. The van der Waals surface area contributed by atoms with Crippen molar-refractivity contribution in [2.45, 2.75) is 26.2 Å². The third-order valence-electron chi connectivity index (χ3n) is 6.07. The lowest BCUT2D eigenvalue weighted by molar-refractivity contribution is 0.591. The van der Waals surface area contributed by atoms with E-state index >= 15 is 0 Å². The van der Waals surface area contributed by atoms with E-state index in [2.05, 4.69) is 92.5 Å². The van der Waals surface area contributed by atoms with Crippen molar-refractivity contribution in [2.24, 2.45) is 0 Å². The minimum atomic E-state index is 0.140. The first-order chi connectivity index (χ1) is 13.0. The minimum absolute atomic E-state index is 0.140. The van der Waals surface area contributed by atoms with E-state index in [1.165, 1.54) is 59.7 Å². The second-order valence-electron chi connectivity index (χ2n) is 8.79. The molecule has 27 heavy (non-hydrogen) atoms. The van der Waals surface area contributed by atoms with Crippen LogP contribution in [0.15, 0.2) is 66.7 Å². The molecule has 0 unspecified atom stereocenters. The third-order valence-corrected chi connectivity index (χ3v) is 6.07. The quantitative estimate of drug-likeness (QED) is 0.274. The molecule has 0 saturated carbocycles. The van der Waals surface area contributed by atoms with Crippen LogP contribution in [0.1, 0.15) is 26.3 Å². The van der Waals surface area contributed by atoms with E-state index in [4.69, 9.17) is 0 Å². The molecule has 1 nitrogen and oxygen atoms in total. The largest absolute Gasteiger partial charge is 0.354 e. The summed E-state index contributed by atoms with van der Waals surface area (Å²) in [7, 11) is 0. The van der Waals surface area contributed by atoms with E-state index in [-0.39, 0.29) is 5.41 Å². The number of aromatic nitrogens is 1. The molecule has 130 valence electrons. The van der Waals surface area contributed by atoms with E-state index in [0.29, 0.717) is 0 Å². The van der Waals surface area contributed by atoms with Crippen LogP contribution in [-0.2, 0) is 5.41 Å². The zero-order valence-corrected chi connectivity index (χ0v) is 15.9. The number of nitrogens with one attached hydrogen (secondary N) is 1. The Bertz CT molecular complexity index is 1480. The van der Waals surface area contributed by atoms with Crippen molar-refractivity contribution in [3.8, 4) is 0 Å². The highest BCUT2D eigenvalue weighted by molar-refractivity contribution is 6.32. The van der Waals surface area contributed by atoms with Crippen molar-refractivity contribution in [1.82, 2.24) is 4.98 Å². The van der Waals surface area contributed by atoms with Crippen molar-refractivity contribution in [3.63, 3.8) is 0 Å². The van der Waals surface area contributed by atoms with Gasteiger partial charge in [0.05, 0.1) is 0 Å². The van der Waals surface area contributed by atoms with E-state index < -0.39 is 0 Å². The Labute approximate surface area is 157 Å². The van der Waals surface area contributed by atoms with Crippen molar-refractivity contribution >= 4 is 54.1 Å². The number of aromatic amines is 1. The fourth-order valence-electron chi connectivity index (χ4n) is 4.67. The van der Waals surface area contributed by atoms with Crippen LogP contribution in [0.3, 0.4) is 0 Å². The van der Waals surface area contributed by atoms with Gasteiger partial charge in [-0.1, -0.05) is 69.3 Å². The van der Waals surface area contributed by atoms with E-state index in [0.717, 1.165) is 0 Å². The van der Waals surface area contributed by atoms with Crippen molar-refractivity contribution in [1.29, 1.82) is 0 Å². The molecule has 0 fully saturated rings. The second-order valence-corrected chi connectivity index (χ2v) is 8.79. The Morgan fingerprint density at radius 2 is 1.33 bits per heavy atom. The van der Waals surface area contributed by atoms with Crippen molar-refractivity contribution in [2.75, 3.05) is 0 Å². The number of H-pyrrole nitrogens is 1. The maximum atomic E-state index is 3.66. The highest BCUT2D eigenvalue weighted by Gasteiger charge is 2.18. The van der Waals surface area contributed by atoms with Gasteiger partial charge in [0.2, 0.25) is 0 Å². The van der Waals surface area contributed by atoms with Gasteiger partial charge < -0.3 is 4.98 Å². The first-order valence-electron chi connectivity index (χ1n) is 9.63. The van der Waals surface area contributed by atoms with Gasteiger partial charge in [0.25, 0.3) is 0 Å². The van der Waals surface area contributed by atoms with Gasteiger partial charge in [-0.15, -0.1) is 0 Å². The fourth-order valence-corrected chi connectivity index (χ4v) is 4.67. The molecule has 0 saturated heterocycles. The average molecular weight is 347 g/mol. The summed E-state index contributed by atoms with van der Waals surface area (Å²) < 4.78 is 0. The predicted octanol–water partition coefficient (Wildman–Crippen LogP) is 7.52. The maximum Gasteiger partial charge on any atom is 0.0477 e. The zero-order chi connectivity index (χ0) is 18.3. The van der Waals surface area contributed by atoms with Gasteiger partial charge in [-0.05, 0) is 61.5 Å². The number of hydrogen-bond donors (Lipinski definition) is 1. The summed E-state index contributed by atoms with van der Waals surface area (Å²) in [6, 6.07) is 24.9. The summed E-state index contributed by atoms with van der Waals surface area (Å²) in [5.74, 6) is 0. The maximum absolute atomic E-state index is 3.66. The molecule has 0 amide bonds. The number of rotatable bonds is 0. The average Bonchev–Trinajstić information content (AvgIpc) is 3.02. The lowest BCUT2D eigenvalue weighted by Gasteiger charge is -2.19. The standard InChI is InChI=1S/C26H21N/c1-26(2,3)18-10-12-21-20(14-18)25-19-11-9-16-6-4-5-15-7-8-17(13-22(25)27-21)24(19)23(15)16/h4-14,27H,1-3H3. The van der Waals surface area contributed by atoms with Gasteiger partial charge in [-0.25, -0.2) is 0 Å². The fraction of sp³-hybridized carbons (Fsp3) is 0.154. The highest BCUT2D eigenvalue weighted by Crippen LogP contribution is 2.41. The van der Waals surface area contributed by atoms with Crippen LogP contribution in [0.25, 0.3) is 54.1 Å². The Morgan fingerprint density at radius 3 is 2.11 bits per heavy atom. The van der Waals surface area contributed by atoms with Gasteiger partial charge in [0.1, 0.15) is 0 Å². The molecule has 6 rings (SSSR count). The highest BCUT2D eigenvalue weighted by atomic mass is 14.7. The van der Waals surface area contributed by atoms with Crippen LogP contribution in [0.2, 0.25) is 0 Å². The normalized spacial score (nSPS) is 13.0. The molecule has 0 atom stereocenters. The van der Waals surface area contributed by atoms with Crippen LogP contribution in [0, 0.1) is 0 Å². The molecular formula is C26H21N. The van der Waals surface area contributed by atoms with E-state index in [1.54, 1.807) is 0 Å². The molecule has 5 aromatic carbocycles. The summed E-state index contributed by atoms with van der Waals surface area (Å²) in [5.41, 5.74) is 3.96. The van der Waals surface area contributed by atoms with Gasteiger partial charge >= 0.3 is 0 Å².